The topological polar surface area (TPSA) is 58.1 Å². The molecule has 1 aromatic heterocycles. The molecule has 3 rings (SSSR count). The summed E-state index contributed by atoms with van der Waals surface area (Å²) in [7, 11) is 0. The molecule has 8 heteroatoms. The van der Waals surface area contributed by atoms with Gasteiger partial charge < -0.3 is 10.2 Å². The summed E-state index contributed by atoms with van der Waals surface area (Å²) < 4.78 is 38.0. The van der Waals surface area contributed by atoms with Crippen molar-refractivity contribution in [3.63, 3.8) is 0 Å². The smallest absolute Gasteiger partial charge is 0.350 e. The number of hydrogen-bond donors (Lipinski definition) is 1. The highest BCUT2D eigenvalue weighted by Crippen LogP contribution is 2.27. The predicted octanol–water partition coefficient (Wildman–Crippen LogP) is 4.12. The molecule has 1 aromatic carbocycles. The first-order valence-electron chi connectivity index (χ1n) is 8.96. The molecule has 0 bridgehead atoms. The second kappa shape index (κ2) is 8.37. The predicted molar refractivity (Wildman–Crippen MR) is 95.2 cm³/mol. The second-order valence-corrected chi connectivity index (χ2v) is 6.52. The number of nitrogens with zero attached hydrogens (tertiary/aromatic N) is 3. The Morgan fingerprint density at radius 3 is 2.33 bits per heavy atom. The van der Waals surface area contributed by atoms with E-state index in [1.807, 2.05) is 4.90 Å². The first kappa shape index (κ1) is 19.1. The lowest BCUT2D eigenvalue weighted by Crippen LogP contribution is -2.31. The van der Waals surface area contributed by atoms with Crippen LogP contribution < -0.4 is 5.32 Å². The molecule has 0 aliphatic carbocycles. The molecule has 2 heterocycles. The summed E-state index contributed by atoms with van der Waals surface area (Å²) in [6, 6.07) is 7.89. The maximum absolute atomic E-state index is 12.7. The van der Waals surface area contributed by atoms with Crippen LogP contribution >= 0.6 is 0 Å². The highest BCUT2D eigenvalue weighted by molar-refractivity contribution is 5.94. The number of hydrogen-bond acceptors (Lipinski definition) is 4. The van der Waals surface area contributed by atoms with Crippen LogP contribution in [0.1, 0.15) is 47.3 Å². The molecule has 27 heavy (non-hydrogen) atoms. The summed E-state index contributed by atoms with van der Waals surface area (Å²) in [5, 5.41) is 2.78. The molecule has 144 valence electrons. The third kappa shape index (κ3) is 5.18. The number of rotatable bonds is 4. The van der Waals surface area contributed by atoms with Crippen molar-refractivity contribution in [3.8, 4) is 0 Å². The summed E-state index contributed by atoms with van der Waals surface area (Å²) in [4.78, 5) is 21.7. The van der Waals surface area contributed by atoms with Gasteiger partial charge in [0, 0.05) is 31.4 Å². The van der Waals surface area contributed by atoms with Gasteiger partial charge in [0.1, 0.15) is 5.69 Å². The van der Waals surface area contributed by atoms with Crippen LogP contribution in [-0.4, -0.2) is 33.9 Å². The average molecular weight is 378 g/mol. The van der Waals surface area contributed by atoms with Gasteiger partial charge in [-0.05, 0) is 36.6 Å². The number of anilines is 1. The van der Waals surface area contributed by atoms with Crippen LogP contribution in [0.3, 0.4) is 0 Å². The van der Waals surface area contributed by atoms with Crippen molar-refractivity contribution >= 4 is 11.9 Å². The Bertz CT molecular complexity index is 769. The molecule has 1 N–H and O–H groups in total. The zero-order chi connectivity index (χ0) is 19.3. The SMILES string of the molecule is O=C(c1ccc(CNc2nccc(C(F)(F)F)n2)cc1)N1CCCCCC1. The molecule has 1 amide bonds. The van der Waals surface area contributed by atoms with Gasteiger partial charge in [0.25, 0.3) is 5.91 Å². The third-order valence-electron chi connectivity index (χ3n) is 4.49. The minimum atomic E-state index is -4.51. The number of benzene rings is 1. The van der Waals surface area contributed by atoms with Crippen LogP contribution in [-0.2, 0) is 12.7 Å². The number of likely N-dealkylation sites (tertiary alicyclic amines) is 1. The van der Waals surface area contributed by atoms with Crippen LogP contribution in [0.25, 0.3) is 0 Å². The fraction of sp³-hybridized carbons (Fsp3) is 0.421. The molecule has 0 radical (unpaired) electrons. The molecule has 1 aliphatic heterocycles. The molecule has 0 spiro atoms. The van der Waals surface area contributed by atoms with E-state index >= 15 is 0 Å². The standard InChI is InChI=1S/C19H21F3N4O/c20-19(21,22)16-9-10-23-18(25-16)24-13-14-5-7-15(8-6-14)17(27)26-11-3-1-2-4-12-26/h5-10H,1-4,11-13H2,(H,23,24,25). The maximum Gasteiger partial charge on any atom is 0.433 e. The van der Waals surface area contributed by atoms with Gasteiger partial charge in [-0.1, -0.05) is 25.0 Å². The van der Waals surface area contributed by atoms with Crippen molar-refractivity contribution in [1.82, 2.24) is 14.9 Å². The summed E-state index contributed by atoms with van der Waals surface area (Å²) >= 11 is 0. The summed E-state index contributed by atoms with van der Waals surface area (Å²) in [6.45, 7) is 1.84. The van der Waals surface area contributed by atoms with E-state index < -0.39 is 11.9 Å². The van der Waals surface area contributed by atoms with Crippen molar-refractivity contribution in [1.29, 1.82) is 0 Å². The van der Waals surface area contributed by atoms with Crippen LogP contribution in [0.4, 0.5) is 19.1 Å². The Kier molecular flexibility index (Phi) is 5.93. The lowest BCUT2D eigenvalue weighted by Gasteiger charge is -2.20. The quantitative estimate of drug-likeness (QED) is 0.869. The normalized spacial score (nSPS) is 15.3. The lowest BCUT2D eigenvalue weighted by molar-refractivity contribution is -0.141. The number of amides is 1. The van der Waals surface area contributed by atoms with E-state index in [-0.39, 0.29) is 18.4 Å². The van der Waals surface area contributed by atoms with Crippen LogP contribution in [0.5, 0.6) is 0 Å². The van der Waals surface area contributed by atoms with Gasteiger partial charge >= 0.3 is 6.18 Å². The minimum Gasteiger partial charge on any atom is -0.350 e. The maximum atomic E-state index is 12.7. The second-order valence-electron chi connectivity index (χ2n) is 6.52. The molecule has 0 unspecified atom stereocenters. The number of nitrogens with one attached hydrogen (secondary N) is 1. The summed E-state index contributed by atoms with van der Waals surface area (Å²) in [5.41, 5.74) is 0.456. The highest BCUT2D eigenvalue weighted by atomic mass is 19.4. The zero-order valence-corrected chi connectivity index (χ0v) is 14.8. The van der Waals surface area contributed by atoms with E-state index in [4.69, 9.17) is 0 Å². The molecule has 5 nitrogen and oxygen atoms in total. The first-order valence-corrected chi connectivity index (χ1v) is 8.96. The van der Waals surface area contributed by atoms with E-state index in [1.165, 1.54) is 0 Å². The Hall–Kier alpha value is -2.64. The van der Waals surface area contributed by atoms with Crippen LogP contribution in [0, 0.1) is 0 Å². The van der Waals surface area contributed by atoms with Gasteiger partial charge in [0.05, 0.1) is 0 Å². The van der Waals surface area contributed by atoms with E-state index in [1.54, 1.807) is 24.3 Å². The minimum absolute atomic E-state index is 0.0256. The molecular weight excluding hydrogens is 357 g/mol. The number of carbonyl (C=O) groups excluding carboxylic acids is 1. The van der Waals surface area contributed by atoms with Gasteiger partial charge in [-0.15, -0.1) is 0 Å². The number of halogens is 3. The number of alkyl halides is 3. The summed E-state index contributed by atoms with van der Waals surface area (Å²) in [6.07, 6.45) is 0.948. The van der Waals surface area contributed by atoms with Gasteiger partial charge in [-0.2, -0.15) is 13.2 Å². The Labute approximate surface area is 155 Å². The van der Waals surface area contributed by atoms with E-state index in [9.17, 15) is 18.0 Å². The third-order valence-corrected chi connectivity index (χ3v) is 4.49. The highest BCUT2D eigenvalue weighted by Gasteiger charge is 2.32. The fourth-order valence-corrected chi connectivity index (χ4v) is 3.00. The molecule has 1 aliphatic rings. The van der Waals surface area contributed by atoms with Gasteiger partial charge in [0.15, 0.2) is 0 Å². The van der Waals surface area contributed by atoms with Crippen molar-refractivity contribution in [2.75, 3.05) is 18.4 Å². The molecule has 1 fully saturated rings. The molecule has 0 saturated carbocycles. The molecule has 1 saturated heterocycles. The number of aromatic nitrogens is 2. The van der Waals surface area contributed by atoms with Gasteiger partial charge in [-0.25, -0.2) is 9.97 Å². The molecule has 2 aromatic rings. The van der Waals surface area contributed by atoms with Crippen molar-refractivity contribution < 1.29 is 18.0 Å². The zero-order valence-electron chi connectivity index (χ0n) is 14.8. The monoisotopic (exact) mass is 378 g/mol. The lowest BCUT2D eigenvalue weighted by atomic mass is 10.1. The average Bonchev–Trinajstić information content (AvgIpc) is 2.95. The van der Waals surface area contributed by atoms with Crippen LogP contribution in [0.15, 0.2) is 36.5 Å². The van der Waals surface area contributed by atoms with Crippen molar-refractivity contribution in [2.24, 2.45) is 0 Å². The number of carbonyl (C=O) groups is 1. The first-order chi connectivity index (χ1) is 12.9. The van der Waals surface area contributed by atoms with E-state index in [2.05, 4.69) is 15.3 Å². The Balaban J connectivity index is 1.60. The summed E-state index contributed by atoms with van der Waals surface area (Å²) in [5.74, 6) is -0.0628. The molecule has 0 atom stereocenters. The van der Waals surface area contributed by atoms with E-state index in [0.717, 1.165) is 56.6 Å². The fourth-order valence-electron chi connectivity index (χ4n) is 3.00. The van der Waals surface area contributed by atoms with Crippen molar-refractivity contribution in [2.45, 2.75) is 38.4 Å². The molecular formula is C19H21F3N4O. The van der Waals surface area contributed by atoms with Gasteiger partial charge in [0.2, 0.25) is 5.95 Å². The Morgan fingerprint density at radius 2 is 1.70 bits per heavy atom. The largest absolute Gasteiger partial charge is 0.433 e. The van der Waals surface area contributed by atoms with Gasteiger partial charge in [-0.3, -0.25) is 4.79 Å². The Morgan fingerprint density at radius 1 is 1.04 bits per heavy atom. The van der Waals surface area contributed by atoms with Crippen LogP contribution in [0.2, 0.25) is 0 Å². The van der Waals surface area contributed by atoms with E-state index in [0.29, 0.717) is 5.56 Å². The van der Waals surface area contributed by atoms with Crippen molar-refractivity contribution in [3.05, 3.63) is 53.3 Å².